The Kier molecular flexibility index (Phi) is 6.81. The molecule has 0 N–H and O–H groups in total. The molecule has 0 saturated carbocycles. The molecule has 1 rings (SSSR count). The molecular formula is C13H10F14N2O2. The van der Waals surface area contributed by atoms with Gasteiger partial charge in [-0.15, -0.1) is 0 Å². The minimum absolute atomic E-state index is 0.382. The van der Waals surface area contributed by atoms with Crippen molar-refractivity contribution in [3.05, 3.63) is 0 Å². The van der Waals surface area contributed by atoms with Gasteiger partial charge in [0.15, 0.2) is 0 Å². The van der Waals surface area contributed by atoms with Crippen LogP contribution in [0.3, 0.4) is 0 Å². The minimum Gasteiger partial charge on any atom is -0.335 e. The van der Waals surface area contributed by atoms with Gasteiger partial charge in [0.25, 0.3) is 11.8 Å². The van der Waals surface area contributed by atoms with Gasteiger partial charge in [-0.3, -0.25) is 9.59 Å². The predicted molar refractivity (Wildman–Crippen MR) is 69.7 cm³/mol. The van der Waals surface area contributed by atoms with Crippen LogP contribution in [0.2, 0.25) is 0 Å². The predicted octanol–water partition coefficient (Wildman–Crippen LogP) is 3.71. The lowest BCUT2D eigenvalue weighted by molar-refractivity contribution is -0.346. The molecule has 1 fully saturated rings. The Morgan fingerprint density at radius 1 is 0.484 bits per heavy atom. The van der Waals surface area contributed by atoms with Crippen molar-refractivity contribution in [2.45, 2.75) is 42.5 Å². The van der Waals surface area contributed by atoms with Crippen molar-refractivity contribution in [1.29, 1.82) is 0 Å². The second kappa shape index (κ2) is 7.83. The van der Waals surface area contributed by atoms with Crippen LogP contribution in [-0.4, -0.2) is 83.8 Å². The summed E-state index contributed by atoms with van der Waals surface area (Å²) in [5.41, 5.74) is 0. The molecule has 182 valence electrons. The van der Waals surface area contributed by atoms with Gasteiger partial charge in [-0.25, -0.2) is 0 Å². The molecule has 0 unspecified atom stereocenters. The van der Waals surface area contributed by atoms with Crippen LogP contribution in [0.4, 0.5) is 61.5 Å². The van der Waals surface area contributed by atoms with E-state index in [1.54, 1.807) is 0 Å². The second-order valence-corrected chi connectivity index (χ2v) is 6.23. The Morgan fingerprint density at radius 3 is 0.968 bits per heavy atom. The van der Waals surface area contributed by atoms with E-state index in [-0.39, 0.29) is 9.80 Å². The number of carbonyl (C=O) groups is 2. The van der Waals surface area contributed by atoms with Gasteiger partial charge in [0, 0.05) is 26.2 Å². The zero-order chi connectivity index (χ0) is 24.8. The molecule has 4 nitrogen and oxygen atoms in total. The summed E-state index contributed by atoms with van der Waals surface area (Å²) in [5, 5.41) is 0. The van der Waals surface area contributed by atoms with E-state index in [4.69, 9.17) is 0 Å². The molecule has 0 spiro atoms. The summed E-state index contributed by atoms with van der Waals surface area (Å²) in [5.74, 6) is -32.6. The third kappa shape index (κ3) is 4.47. The largest absolute Gasteiger partial charge is 0.460 e. The third-order valence-corrected chi connectivity index (χ3v) is 4.11. The van der Waals surface area contributed by atoms with Gasteiger partial charge in [0.2, 0.25) is 0 Å². The van der Waals surface area contributed by atoms with Gasteiger partial charge >= 0.3 is 36.0 Å². The fourth-order valence-electron chi connectivity index (χ4n) is 2.35. The first-order chi connectivity index (χ1) is 13.5. The van der Waals surface area contributed by atoms with Crippen molar-refractivity contribution < 1.29 is 71.1 Å². The molecule has 0 aromatic heterocycles. The quantitative estimate of drug-likeness (QED) is 0.562. The van der Waals surface area contributed by atoms with Gasteiger partial charge in [-0.1, -0.05) is 0 Å². The average molecular weight is 492 g/mol. The topological polar surface area (TPSA) is 40.6 Å². The molecule has 0 atom stereocenters. The van der Waals surface area contributed by atoms with Gasteiger partial charge < -0.3 is 9.80 Å². The summed E-state index contributed by atoms with van der Waals surface area (Å²) in [6, 6.07) is 0. The van der Waals surface area contributed by atoms with Gasteiger partial charge in [-0.05, 0) is 6.42 Å². The highest BCUT2D eigenvalue weighted by Crippen LogP contribution is 2.48. The lowest BCUT2D eigenvalue weighted by Crippen LogP contribution is -2.61. The van der Waals surface area contributed by atoms with Gasteiger partial charge in [-0.2, -0.15) is 61.5 Å². The zero-order valence-electron chi connectivity index (χ0n) is 14.5. The summed E-state index contributed by atoms with van der Waals surface area (Å²) < 4.78 is 178. The van der Waals surface area contributed by atoms with Crippen LogP contribution >= 0.6 is 0 Å². The van der Waals surface area contributed by atoms with Crippen molar-refractivity contribution in [2.24, 2.45) is 0 Å². The maximum absolute atomic E-state index is 13.5. The number of hydrogen-bond donors (Lipinski definition) is 0. The van der Waals surface area contributed by atoms with E-state index in [1.807, 2.05) is 0 Å². The van der Waals surface area contributed by atoms with Crippen LogP contribution in [0.15, 0.2) is 0 Å². The van der Waals surface area contributed by atoms with E-state index in [9.17, 15) is 71.1 Å². The standard InChI is InChI=1S/C13H10F14N2O2/c14-8(15,10(18,19)12(22,23)24)6(30)28-2-1-3-29(5-4-28)7(31)9(16,17)11(20,21)13(25,26)27/h1-5H2. The van der Waals surface area contributed by atoms with E-state index in [0.717, 1.165) is 0 Å². The van der Waals surface area contributed by atoms with Crippen molar-refractivity contribution in [3.63, 3.8) is 0 Å². The first-order valence-corrected chi connectivity index (χ1v) is 7.77. The Hall–Kier alpha value is -2.04. The van der Waals surface area contributed by atoms with Crippen LogP contribution in [-0.2, 0) is 9.59 Å². The third-order valence-electron chi connectivity index (χ3n) is 4.11. The summed E-state index contributed by atoms with van der Waals surface area (Å²) in [6.45, 7) is -5.09. The molecule has 0 radical (unpaired) electrons. The SMILES string of the molecule is O=C(N1CCCN(C(=O)C(F)(F)C(F)(F)C(F)(F)F)CC1)C(F)(F)C(F)(F)C(F)(F)F. The molecule has 31 heavy (non-hydrogen) atoms. The highest BCUT2D eigenvalue weighted by atomic mass is 19.4. The van der Waals surface area contributed by atoms with Crippen molar-refractivity contribution in [1.82, 2.24) is 9.80 Å². The Bertz CT molecular complexity index is 641. The lowest BCUT2D eigenvalue weighted by atomic mass is 10.1. The maximum Gasteiger partial charge on any atom is 0.460 e. The number of hydrogen-bond acceptors (Lipinski definition) is 2. The van der Waals surface area contributed by atoms with Crippen molar-refractivity contribution >= 4 is 11.8 Å². The number of halogens is 14. The van der Waals surface area contributed by atoms with Gasteiger partial charge in [0.05, 0.1) is 0 Å². The van der Waals surface area contributed by atoms with E-state index < -0.39 is 80.5 Å². The molecule has 0 aromatic carbocycles. The number of amides is 2. The van der Waals surface area contributed by atoms with Crippen LogP contribution in [0.5, 0.6) is 0 Å². The summed E-state index contributed by atoms with van der Waals surface area (Å²) in [7, 11) is 0. The van der Waals surface area contributed by atoms with E-state index in [0.29, 0.717) is 0 Å². The van der Waals surface area contributed by atoms with Crippen molar-refractivity contribution in [2.75, 3.05) is 26.2 Å². The number of alkyl halides is 14. The number of nitrogens with zero attached hydrogens (tertiary/aromatic N) is 2. The molecule has 2 amide bonds. The first kappa shape index (κ1) is 27.0. The van der Waals surface area contributed by atoms with Crippen LogP contribution < -0.4 is 0 Å². The minimum atomic E-state index is -6.87. The molecular weight excluding hydrogens is 482 g/mol. The Morgan fingerprint density at radius 2 is 0.742 bits per heavy atom. The highest BCUT2D eigenvalue weighted by molar-refractivity contribution is 5.86. The van der Waals surface area contributed by atoms with Crippen LogP contribution in [0.25, 0.3) is 0 Å². The zero-order valence-corrected chi connectivity index (χ0v) is 14.5. The molecule has 0 aromatic rings. The van der Waals surface area contributed by atoms with Crippen molar-refractivity contribution in [3.8, 4) is 0 Å². The molecule has 1 heterocycles. The van der Waals surface area contributed by atoms with Gasteiger partial charge in [0.1, 0.15) is 0 Å². The Labute approximate surface area is 162 Å². The number of rotatable bonds is 4. The van der Waals surface area contributed by atoms with E-state index in [2.05, 4.69) is 0 Å². The van der Waals surface area contributed by atoms with E-state index >= 15 is 0 Å². The molecule has 1 aliphatic rings. The Balaban J connectivity index is 3.05. The summed E-state index contributed by atoms with van der Waals surface area (Å²) in [6.07, 6.45) is -14.6. The average Bonchev–Trinajstić information content (AvgIpc) is 2.83. The fraction of sp³-hybridized carbons (Fsp3) is 0.846. The summed E-state index contributed by atoms with van der Waals surface area (Å²) >= 11 is 0. The van der Waals surface area contributed by atoms with Crippen LogP contribution in [0, 0.1) is 0 Å². The molecule has 1 aliphatic heterocycles. The molecule has 0 aliphatic carbocycles. The first-order valence-electron chi connectivity index (χ1n) is 7.77. The smallest absolute Gasteiger partial charge is 0.335 e. The van der Waals surface area contributed by atoms with E-state index in [1.165, 1.54) is 0 Å². The number of carbonyl (C=O) groups excluding carboxylic acids is 2. The monoisotopic (exact) mass is 492 g/mol. The molecule has 1 saturated heterocycles. The normalized spacial score (nSPS) is 18.1. The van der Waals surface area contributed by atoms with Crippen LogP contribution in [0.1, 0.15) is 6.42 Å². The molecule has 0 bridgehead atoms. The highest BCUT2D eigenvalue weighted by Gasteiger charge is 2.78. The lowest BCUT2D eigenvalue weighted by Gasteiger charge is -2.32. The second-order valence-electron chi connectivity index (χ2n) is 6.23. The fourth-order valence-corrected chi connectivity index (χ4v) is 2.35. The molecule has 18 heteroatoms. The maximum atomic E-state index is 13.5. The summed E-state index contributed by atoms with van der Waals surface area (Å²) in [4.78, 5) is 22.2.